The maximum absolute atomic E-state index is 11.9. The Kier molecular flexibility index (Phi) is 6.39. The lowest BCUT2D eigenvalue weighted by Crippen LogP contribution is -2.42. The smallest absolute Gasteiger partial charge is 0.426 e. The van der Waals surface area contributed by atoms with Crippen molar-refractivity contribution in [2.45, 2.75) is 26.9 Å². The van der Waals surface area contributed by atoms with E-state index in [1.54, 1.807) is 19.2 Å². The zero-order valence-electron chi connectivity index (χ0n) is 14.6. The van der Waals surface area contributed by atoms with Crippen LogP contribution in [0.3, 0.4) is 0 Å². The van der Waals surface area contributed by atoms with Crippen LogP contribution in [0, 0.1) is 13.8 Å². The van der Waals surface area contributed by atoms with Gasteiger partial charge in [0.05, 0.1) is 13.5 Å². The number of hydrogen-bond acceptors (Lipinski definition) is 4. The van der Waals surface area contributed by atoms with Crippen LogP contribution < -0.4 is 15.6 Å². The highest BCUT2D eigenvalue weighted by Crippen LogP contribution is 2.17. The molecule has 0 fully saturated rings. The Balaban J connectivity index is 1.77. The average Bonchev–Trinajstić information content (AvgIpc) is 2.61. The van der Waals surface area contributed by atoms with Gasteiger partial charge in [-0.15, -0.1) is 0 Å². The van der Waals surface area contributed by atoms with Crippen LogP contribution in [-0.2, 0) is 22.6 Å². The molecule has 0 radical (unpaired) electrons. The van der Waals surface area contributed by atoms with Crippen molar-refractivity contribution in [1.82, 2.24) is 10.9 Å². The average molecular weight is 342 g/mol. The van der Waals surface area contributed by atoms with Crippen molar-refractivity contribution in [3.05, 3.63) is 64.7 Å². The molecule has 132 valence electrons. The zero-order valence-corrected chi connectivity index (χ0v) is 14.6. The molecule has 0 unspecified atom stereocenters. The van der Waals surface area contributed by atoms with Gasteiger partial charge in [0.15, 0.2) is 0 Å². The quantitative estimate of drug-likeness (QED) is 0.819. The summed E-state index contributed by atoms with van der Waals surface area (Å²) in [4.78, 5) is 23.6. The first kappa shape index (κ1) is 18.3. The van der Waals surface area contributed by atoms with Gasteiger partial charge in [-0.1, -0.05) is 36.4 Å². The van der Waals surface area contributed by atoms with Crippen LogP contribution in [0.15, 0.2) is 42.5 Å². The van der Waals surface area contributed by atoms with E-state index in [1.165, 1.54) is 5.56 Å². The summed E-state index contributed by atoms with van der Waals surface area (Å²) in [6.07, 6.45) is -0.631. The van der Waals surface area contributed by atoms with E-state index in [4.69, 9.17) is 9.47 Å². The first-order valence-corrected chi connectivity index (χ1v) is 7.89. The highest BCUT2D eigenvalue weighted by Gasteiger charge is 2.10. The number of methoxy groups -OCH3 is 1. The third-order valence-corrected chi connectivity index (χ3v) is 3.79. The third kappa shape index (κ3) is 5.53. The fourth-order valence-corrected chi connectivity index (χ4v) is 2.27. The summed E-state index contributed by atoms with van der Waals surface area (Å²) in [5.74, 6) is 0.252. The Bertz CT molecular complexity index is 759. The van der Waals surface area contributed by atoms with E-state index in [1.807, 2.05) is 44.2 Å². The summed E-state index contributed by atoms with van der Waals surface area (Å²) in [5, 5.41) is 0. The maximum Gasteiger partial charge on any atom is 0.426 e. The molecule has 25 heavy (non-hydrogen) atoms. The van der Waals surface area contributed by atoms with Crippen molar-refractivity contribution < 1.29 is 19.1 Å². The highest BCUT2D eigenvalue weighted by atomic mass is 16.6. The minimum atomic E-state index is -0.716. The van der Waals surface area contributed by atoms with Crippen molar-refractivity contribution in [2.24, 2.45) is 0 Å². The predicted molar refractivity (Wildman–Crippen MR) is 94.1 cm³/mol. The van der Waals surface area contributed by atoms with Crippen molar-refractivity contribution in [3.8, 4) is 5.75 Å². The van der Waals surface area contributed by atoms with Gasteiger partial charge in [0.1, 0.15) is 12.4 Å². The number of para-hydroxylation sites is 1. The van der Waals surface area contributed by atoms with Crippen molar-refractivity contribution >= 4 is 12.0 Å². The fraction of sp³-hybridized carbons (Fsp3) is 0.263. The van der Waals surface area contributed by atoms with Crippen molar-refractivity contribution in [1.29, 1.82) is 0 Å². The molecule has 0 aliphatic heterocycles. The van der Waals surface area contributed by atoms with E-state index in [-0.39, 0.29) is 18.9 Å². The van der Waals surface area contributed by atoms with Crippen LogP contribution >= 0.6 is 0 Å². The number of ether oxygens (including phenoxy) is 2. The number of hydrazine groups is 1. The predicted octanol–water partition coefficient (Wildman–Crippen LogP) is 2.81. The highest BCUT2D eigenvalue weighted by molar-refractivity contribution is 5.81. The molecule has 0 heterocycles. The van der Waals surface area contributed by atoms with Gasteiger partial charge in [-0.05, 0) is 36.6 Å². The van der Waals surface area contributed by atoms with Gasteiger partial charge in [0.25, 0.3) is 0 Å². The number of carbonyl (C=O) groups excluding carboxylic acids is 2. The van der Waals surface area contributed by atoms with E-state index in [0.717, 1.165) is 16.7 Å². The lowest BCUT2D eigenvalue weighted by atomic mass is 10.1. The number of carbonyl (C=O) groups is 2. The number of hydrogen-bond donors (Lipinski definition) is 2. The molecule has 2 aromatic rings. The van der Waals surface area contributed by atoms with Gasteiger partial charge in [-0.2, -0.15) is 0 Å². The number of nitrogens with one attached hydrogen (secondary N) is 2. The molecule has 0 spiro atoms. The standard InChI is InChI=1S/C19H22N2O4/c1-13-8-9-15(10-14(13)2)12-25-19(23)21-20-18(22)11-16-6-4-5-7-17(16)24-3/h4-10H,11-12H2,1-3H3,(H,20,22)(H,21,23). The summed E-state index contributed by atoms with van der Waals surface area (Å²) >= 11 is 0. The summed E-state index contributed by atoms with van der Waals surface area (Å²) in [6, 6.07) is 13.0. The molecule has 6 heteroatoms. The van der Waals surface area contributed by atoms with E-state index in [9.17, 15) is 9.59 Å². The molecule has 0 aromatic heterocycles. The monoisotopic (exact) mass is 342 g/mol. The molecule has 2 amide bonds. The number of rotatable bonds is 5. The van der Waals surface area contributed by atoms with E-state index in [2.05, 4.69) is 10.9 Å². The number of aryl methyl sites for hydroxylation is 2. The Morgan fingerprint density at radius 3 is 2.48 bits per heavy atom. The molecule has 2 rings (SSSR count). The zero-order chi connectivity index (χ0) is 18.2. The minimum absolute atomic E-state index is 0.0848. The molecule has 0 bridgehead atoms. The largest absolute Gasteiger partial charge is 0.496 e. The number of benzene rings is 2. The first-order valence-electron chi connectivity index (χ1n) is 7.89. The van der Waals surface area contributed by atoms with Crippen LogP contribution in [0.5, 0.6) is 5.75 Å². The van der Waals surface area contributed by atoms with Gasteiger partial charge >= 0.3 is 6.09 Å². The summed E-state index contributed by atoms with van der Waals surface area (Å²) in [5.41, 5.74) is 8.48. The van der Waals surface area contributed by atoms with E-state index < -0.39 is 6.09 Å². The normalized spacial score (nSPS) is 10.0. The van der Waals surface area contributed by atoms with Gasteiger partial charge in [0, 0.05) is 5.56 Å². The molecule has 0 saturated carbocycles. The maximum atomic E-state index is 11.9. The Morgan fingerprint density at radius 1 is 1.00 bits per heavy atom. The van der Waals surface area contributed by atoms with E-state index in [0.29, 0.717) is 5.75 Å². The molecule has 6 nitrogen and oxygen atoms in total. The van der Waals surface area contributed by atoms with Crippen LogP contribution in [-0.4, -0.2) is 19.1 Å². The molecule has 0 saturated heterocycles. The Labute approximate surface area is 147 Å². The third-order valence-electron chi connectivity index (χ3n) is 3.79. The fourth-order valence-electron chi connectivity index (χ4n) is 2.27. The van der Waals surface area contributed by atoms with Gasteiger partial charge < -0.3 is 9.47 Å². The Morgan fingerprint density at radius 2 is 1.76 bits per heavy atom. The second-order valence-electron chi connectivity index (χ2n) is 5.66. The number of amides is 2. The lowest BCUT2D eigenvalue weighted by Gasteiger charge is -2.10. The molecule has 0 aliphatic rings. The molecule has 0 aliphatic carbocycles. The van der Waals surface area contributed by atoms with Crippen LogP contribution in [0.2, 0.25) is 0 Å². The van der Waals surface area contributed by atoms with E-state index >= 15 is 0 Å². The molecule has 0 atom stereocenters. The molecular formula is C19H22N2O4. The SMILES string of the molecule is COc1ccccc1CC(=O)NNC(=O)OCc1ccc(C)c(C)c1. The molecule has 2 aromatic carbocycles. The summed E-state index contributed by atoms with van der Waals surface area (Å²) < 4.78 is 10.3. The molecule has 2 N–H and O–H groups in total. The molecular weight excluding hydrogens is 320 g/mol. The van der Waals surface area contributed by atoms with Crippen LogP contribution in [0.4, 0.5) is 4.79 Å². The second kappa shape index (κ2) is 8.73. The first-order chi connectivity index (χ1) is 12.0. The second-order valence-corrected chi connectivity index (χ2v) is 5.66. The summed E-state index contributed by atoms with van der Waals surface area (Å²) in [6.45, 7) is 4.15. The summed E-state index contributed by atoms with van der Waals surface area (Å²) in [7, 11) is 1.54. The van der Waals surface area contributed by atoms with Crippen molar-refractivity contribution in [2.75, 3.05) is 7.11 Å². The van der Waals surface area contributed by atoms with Gasteiger partial charge in [-0.25, -0.2) is 10.2 Å². The minimum Gasteiger partial charge on any atom is -0.496 e. The lowest BCUT2D eigenvalue weighted by molar-refractivity contribution is -0.121. The van der Waals surface area contributed by atoms with Crippen molar-refractivity contribution in [3.63, 3.8) is 0 Å². The van der Waals surface area contributed by atoms with Crippen LogP contribution in [0.25, 0.3) is 0 Å². The van der Waals surface area contributed by atoms with Crippen LogP contribution in [0.1, 0.15) is 22.3 Å². The van der Waals surface area contributed by atoms with Gasteiger partial charge in [-0.3, -0.25) is 10.2 Å². The Hall–Kier alpha value is -3.02. The topological polar surface area (TPSA) is 76.7 Å². The van der Waals surface area contributed by atoms with Gasteiger partial charge in [0.2, 0.25) is 5.91 Å².